The van der Waals surface area contributed by atoms with E-state index in [0.717, 1.165) is 0 Å². The van der Waals surface area contributed by atoms with Crippen LogP contribution in [-0.2, 0) is 7.05 Å². The van der Waals surface area contributed by atoms with Gasteiger partial charge in [-0.25, -0.2) is 19.9 Å². The Hall–Kier alpha value is -3.86. The molecule has 0 aromatic carbocycles. The lowest BCUT2D eigenvalue weighted by atomic mass is 10.2. The molecule has 0 saturated carbocycles. The Labute approximate surface area is 176 Å². The predicted octanol–water partition coefficient (Wildman–Crippen LogP) is 2.78. The van der Waals surface area contributed by atoms with E-state index in [2.05, 4.69) is 40.7 Å². The molecule has 150 valence electrons. The highest BCUT2D eigenvalue weighted by atomic mass is 32.2. The van der Waals surface area contributed by atoms with E-state index in [4.69, 9.17) is 0 Å². The predicted molar refractivity (Wildman–Crippen MR) is 114 cm³/mol. The number of hydrogen-bond acceptors (Lipinski definition) is 9. The van der Waals surface area contributed by atoms with Gasteiger partial charge in [0, 0.05) is 19.3 Å². The third kappa shape index (κ3) is 4.25. The first-order chi connectivity index (χ1) is 14.6. The van der Waals surface area contributed by atoms with Crippen LogP contribution in [0.25, 0.3) is 11.4 Å². The van der Waals surface area contributed by atoms with E-state index in [-0.39, 0.29) is 5.69 Å². The molecule has 11 heteroatoms. The summed E-state index contributed by atoms with van der Waals surface area (Å²) in [5.74, 6) is 0.113. The van der Waals surface area contributed by atoms with Crippen molar-refractivity contribution in [2.24, 2.45) is 7.05 Å². The Morgan fingerprint density at radius 1 is 1.10 bits per heavy atom. The molecule has 10 nitrogen and oxygen atoms in total. The fourth-order valence-corrected chi connectivity index (χ4v) is 2.99. The molecule has 0 aliphatic heterocycles. The summed E-state index contributed by atoms with van der Waals surface area (Å²) in [6, 6.07) is 7.33. The summed E-state index contributed by atoms with van der Waals surface area (Å²) in [6.07, 6.45) is 9.71. The third-order valence-corrected chi connectivity index (χ3v) is 4.61. The molecule has 0 bridgehead atoms. The van der Waals surface area contributed by atoms with Crippen LogP contribution in [-0.4, -0.2) is 46.9 Å². The van der Waals surface area contributed by atoms with Crippen molar-refractivity contribution in [3.8, 4) is 11.4 Å². The van der Waals surface area contributed by atoms with Gasteiger partial charge >= 0.3 is 0 Å². The van der Waals surface area contributed by atoms with E-state index >= 15 is 0 Å². The van der Waals surface area contributed by atoms with Gasteiger partial charge in [0.25, 0.3) is 5.91 Å². The molecule has 0 atom stereocenters. The molecule has 30 heavy (non-hydrogen) atoms. The summed E-state index contributed by atoms with van der Waals surface area (Å²) in [6.45, 7) is 0. The average Bonchev–Trinajstić information content (AvgIpc) is 3.15. The maximum absolute atomic E-state index is 13.1. The number of pyridine rings is 1. The van der Waals surface area contributed by atoms with E-state index in [1.807, 2.05) is 24.5 Å². The van der Waals surface area contributed by atoms with Crippen LogP contribution in [0.3, 0.4) is 0 Å². The molecule has 0 aliphatic carbocycles. The molecule has 0 fully saturated rings. The number of nitrogens with zero attached hydrogens (tertiary/aromatic N) is 7. The van der Waals surface area contributed by atoms with Gasteiger partial charge in [-0.1, -0.05) is 17.8 Å². The lowest BCUT2D eigenvalue weighted by molar-refractivity contribution is 0.102. The van der Waals surface area contributed by atoms with Crippen LogP contribution >= 0.6 is 11.8 Å². The van der Waals surface area contributed by atoms with Crippen molar-refractivity contribution >= 4 is 34.9 Å². The second kappa shape index (κ2) is 8.66. The first kappa shape index (κ1) is 19.5. The summed E-state index contributed by atoms with van der Waals surface area (Å²) in [7, 11) is 1.75. The first-order valence-corrected chi connectivity index (χ1v) is 10.1. The van der Waals surface area contributed by atoms with Crippen molar-refractivity contribution in [3.63, 3.8) is 0 Å². The second-order valence-electron chi connectivity index (χ2n) is 6.08. The van der Waals surface area contributed by atoms with Gasteiger partial charge in [0.15, 0.2) is 10.9 Å². The number of hydrogen-bond donors (Lipinski definition) is 2. The van der Waals surface area contributed by atoms with Gasteiger partial charge in [-0.2, -0.15) is 5.10 Å². The lowest BCUT2D eigenvalue weighted by Gasteiger charge is -2.11. The first-order valence-electron chi connectivity index (χ1n) is 8.84. The van der Waals surface area contributed by atoms with E-state index in [1.54, 1.807) is 42.6 Å². The highest BCUT2D eigenvalue weighted by Gasteiger charge is 2.18. The van der Waals surface area contributed by atoms with E-state index in [9.17, 15) is 4.79 Å². The molecule has 0 unspecified atom stereocenters. The summed E-state index contributed by atoms with van der Waals surface area (Å²) in [5.41, 5.74) is 2.61. The van der Waals surface area contributed by atoms with Crippen molar-refractivity contribution in [1.82, 2.24) is 34.7 Å². The Kier molecular flexibility index (Phi) is 5.61. The Bertz CT molecular complexity index is 1170. The zero-order valence-electron chi connectivity index (χ0n) is 16.1. The third-order valence-electron chi connectivity index (χ3n) is 4.05. The van der Waals surface area contributed by atoms with E-state index < -0.39 is 5.91 Å². The van der Waals surface area contributed by atoms with Crippen LogP contribution in [0.15, 0.2) is 60.5 Å². The van der Waals surface area contributed by atoms with Crippen LogP contribution in [0.4, 0.5) is 17.2 Å². The highest BCUT2D eigenvalue weighted by molar-refractivity contribution is 7.98. The van der Waals surface area contributed by atoms with E-state index in [0.29, 0.717) is 33.7 Å². The monoisotopic (exact) mass is 419 g/mol. The number of carbonyl (C=O) groups excluding carboxylic acids is 1. The number of nitrogens with one attached hydrogen (secondary N) is 2. The summed E-state index contributed by atoms with van der Waals surface area (Å²) < 4.78 is 1.58. The van der Waals surface area contributed by atoms with Crippen molar-refractivity contribution in [1.29, 1.82) is 0 Å². The van der Waals surface area contributed by atoms with Crippen molar-refractivity contribution in [2.75, 3.05) is 16.9 Å². The second-order valence-corrected chi connectivity index (χ2v) is 6.85. The SMILES string of the molecule is CSc1ncc(Nc2cncnc2)c(C(=O)Nc2cc(-c3ccccn3)nn2C)n1. The van der Waals surface area contributed by atoms with Crippen LogP contribution in [0.5, 0.6) is 0 Å². The minimum atomic E-state index is -0.400. The largest absolute Gasteiger partial charge is 0.350 e. The number of anilines is 3. The molecule has 4 aromatic heterocycles. The molecule has 4 aromatic rings. The van der Waals surface area contributed by atoms with Crippen LogP contribution < -0.4 is 10.6 Å². The molecular formula is C19H17N9OS. The summed E-state index contributed by atoms with van der Waals surface area (Å²) in [4.78, 5) is 33.9. The number of amides is 1. The van der Waals surface area contributed by atoms with Gasteiger partial charge in [-0.05, 0) is 18.4 Å². The molecule has 4 rings (SSSR count). The topological polar surface area (TPSA) is 123 Å². The zero-order valence-corrected chi connectivity index (χ0v) is 17.0. The molecule has 0 radical (unpaired) electrons. The molecular weight excluding hydrogens is 402 g/mol. The molecule has 1 amide bonds. The molecule has 0 spiro atoms. The van der Waals surface area contributed by atoms with Crippen LogP contribution in [0, 0.1) is 0 Å². The van der Waals surface area contributed by atoms with E-state index in [1.165, 1.54) is 18.1 Å². The van der Waals surface area contributed by atoms with Gasteiger partial charge in [-0.3, -0.25) is 14.5 Å². The molecule has 0 aliphatic rings. The smallest absolute Gasteiger partial charge is 0.277 e. The van der Waals surface area contributed by atoms with Gasteiger partial charge in [0.2, 0.25) is 0 Å². The fourth-order valence-electron chi connectivity index (χ4n) is 2.65. The van der Waals surface area contributed by atoms with Crippen LogP contribution in [0.1, 0.15) is 10.5 Å². The quantitative estimate of drug-likeness (QED) is 0.358. The minimum absolute atomic E-state index is 0.193. The molecule has 2 N–H and O–H groups in total. The van der Waals surface area contributed by atoms with Gasteiger partial charge < -0.3 is 10.6 Å². The number of thioether (sulfide) groups is 1. The van der Waals surface area contributed by atoms with Crippen LogP contribution in [0.2, 0.25) is 0 Å². The molecule has 0 saturated heterocycles. The maximum atomic E-state index is 13.1. The summed E-state index contributed by atoms with van der Waals surface area (Å²) >= 11 is 1.35. The fraction of sp³-hybridized carbons (Fsp3) is 0.105. The number of aryl methyl sites for hydroxylation is 1. The molecule has 4 heterocycles. The maximum Gasteiger partial charge on any atom is 0.277 e. The number of rotatable bonds is 6. The average molecular weight is 419 g/mol. The Morgan fingerprint density at radius 2 is 1.93 bits per heavy atom. The van der Waals surface area contributed by atoms with Gasteiger partial charge in [0.1, 0.15) is 17.8 Å². The minimum Gasteiger partial charge on any atom is -0.350 e. The number of aromatic nitrogens is 7. The van der Waals surface area contributed by atoms with Gasteiger partial charge in [-0.15, -0.1) is 0 Å². The highest BCUT2D eigenvalue weighted by Crippen LogP contribution is 2.23. The van der Waals surface area contributed by atoms with Crippen molar-refractivity contribution < 1.29 is 4.79 Å². The standard InChI is InChI=1S/C19H17N9OS/c1-28-16(7-14(27-28)13-5-3-4-6-22-13)25-18(29)17-15(10-23-19(26-17)30-2)24-12-8-20-11-21-9-12/h3-11,24H,1-2H3,(H,25,29). The van der Waals surface area contributed by atoms with Gasteiger partial charge in [0.05, 0.1) is 35.7 Å². The summed E-state index contributed by atoms with van der Waals surface area (Å²) in [5, 5.41) is 10.8. The zero-order chi connectivity index (χ0) is 20.9. The normalized spacial score (nSPS) is 10.6. The van der Waals surface area contributed by atoms with Crippen molar-refractivity contribution in [3.05, 3.63) is 61.1 Å². The lowest BCUT2D eigenvalue weighted by Crippen LogP contribution is -2.18. The number of carbonyl (C=O) groups is 1. The van der Waals surface area contributed by atoms with Crippen molar-refractivity contribution in [2.45, 2.75) is 5.16 Å². The Morgan fingerprint density at radius 3 is 2.67 bits per heavy atom. The Balaban J connectivity index is 1.62.